The number of oxime groups is 1. The maximum atomic E-state index is 6.29. The molecule has 0 aliphatic heterocycles. The van der Waals surface area contributed by atoms with Gasteiger partial charge in [-0.25, -0.2) is 0 Å². The molecule has 29 heavy (non-hydrogen) atoms. The van der Waals surface area contributed by atoms with Crippen molar-refractivity contribution < 1.29 is 14.3 Å². The average Bonchev–Trinajstić information content (AvgIpc) is 2.67. The van der Waals surface area contributed by atoms with E-state index in [0.717, 1.165) is 17.5 Å². The maximum Gasteiger partial charge on any atom is 0.157 e. The third-order valence-electron chi connectivity index (χ3n) is 3.81. The quantitative estimate of drug-likeness (QED) is 0.264. The Morgan fingerprint density at radius 2 is 1.83 bits per heavy atom. The van der Waals surface area contributed by atoms with Crippen molar-refractivity contribution in [2.75, 3.05) is 6.61 Å². The predicted octanol–water partition coefficient (Wildman–Crippen LogP) is 7.42. The van der Waals surface area contributed by atoms with Gasteiger partial charge in [-0.3, -0.25) is 0 Å². The summed E-state index contributed by atoms with van der Waals surface area (Å²) in [6.45, 7) is 4.50. The van der Waals surface area contributed by atoms with E-state index in [2.05, 4.69) is 5.16 Å². The summed E-state index contributed by atoms with van der Waals surface area (Å²) in [6, 6.07) is 11.0. The zero-order chi connectivity index (χ0) is 21.2. The highest BCUT2D eigenvalue weighted by Gasteiger charge is 2.11. The Bertz CT molecular complexity index is 844. The van der Waals surface area contributed by atoms with Crippen molar-refractivity contribution >= 4 is 52.6 Å². The van der Waals surface area contributed by atoms with Gasteiger partial charge in [0, 0.05) is 12.1 Å². The van der Waals surface area contributed by atoms with Crippen molar-refractivity contribution in [1.29, 1.82) is 0 Å². The molecule has 2 aromatic rings. The summed E-state index contributed by atoms with van der Waals surface area (Å²) in [5, 5.41) is 4.68. The lowest BCUT2D eigenvalue weighted by molar-refractivity contribution is 0.0712. The zero-order valence-electron chi connectivity index (χ0n) is 16.0. The highest BCUT2D eigenvalue weighted by Crippen LogP contribution is 2.37. The van der Waals surface area contributed by atoms with Crippen molar-refractivity contribution in [2.45, 2.75) is 33.0 Å². The number of halogens is 4. The van der Waals surface area contributed by atoms with Gasteiger partial charge in [-0.1, -0.05) is 76.7 Å². The fourth-order valence-electron chi connectivity index (χ4n) is 2.15. The molecule has 1 unspecified atom stereocenters. The van der Waals surface area contributed by atoms with Crippen LogP contribution in [0.2, 0.25) is 10.0 Å². The van der Waals surface area contributed by atoms with Crippen LogP contribution in [0.15, 0.2) is 52.1 Å². The number of hydrogen-bond acceptors (Lipinski definition) is 4. The minimum absolute atomic E-state index is 0.0805. The maximum absolute atomic E-state index is 6.29. The summed E-state index contributed by atoms with van der Waals surface area (Å²) in [5.74, 6) is 0.864. The third kappa shape index (κ3) is 8.35. The van der Waals surface area contributed by atoms with Crippen molar-refractivity contribution in [3.05, 3.63) is 68.1 Å². The van der Waals surface area contributed by atoms with Gasteiger partial charge >= 0.3 is 0 Å². The molecule has 0 saturated heterocycles. The molecule has 0 heterocycles. The van der Waals surface area contributed by atoms with Crippen molar-refractivity contribution in [3.8, 4) is 11.5 Å². The van der Waals surface area contributed by atoms with Gasteiger partial charge in [-0.15, -0.1) is 0 Å². The van der Waals surface area contributed by atoms with Crippen LogP contribution < -0.4 is 9.47 Å². The van der Waals surface area contributed by atoms with E-state index in [-0.39, 0.29) is 23.8 Å². The Balaban J connectivity index is 2.00. The number of ether oxygens (including phenoxy) is 2. The van der Waals surface area contributed by atoms with E-state index in [4.69, 9.17) is 60.7 Å². The van der Waals surface area contributed by atoms with Crippen LogP contribution in [0.25, 0.3) is 0 Å². The predicted molar refractivity (Wildman–Crippen MR) is 121 cm³/mol. The highest BCUT2D eigenvalue weighted by atomic mass is 35.5. The molecular formula is C21H21Cl4NO3. The van der Waals surface area contributed by atoms with E-state index in [1.807, 2.05) is 38.1 Å². The highest BCUT2D eigenvalue weighted by molar-refractivity contribution is 6.55. The monoisotopic (exact) mass is 475 g/mol. The van der Waals surface area contributed by atoms with Crippen molar-refractivity contribution in [3.63, 3.8) is 0 Å². The van der Waals surface area contributed by atoms with Crippen LogP contribution in [0.4, 0.5) is 0 Å². The first-order valence-corrected chi connectivity index (χ1v) is 10.4. The van der Waals surface area contributed by atoms with Gasteiger partial charge in [0.15, 0.2) is 5.75 Å². The summed E-state index contributed by atoms with van der Waals surface area (Å²) >= 11 is 23.7. The fraction of sp³-hybridized carbons (Fsp3) is 0.286. The molecule has 0 radical (unpaired) electrons. The first kappa shape index (κ1) is 23.7. The number of hydrogen-bond donors (Lipinski definition) is 0. The van der Waals surface area contributed by atoms with E-state index in [0.29, 0.717) is 21.5 Å². The largest absolute Gasteiger partial charge is 0.489 e. The Morgan fingerprint density at radius 1 is 1.10 bits per heavy atom. The molecule has 0 spiro atoms. The minimum atomic E-state index is 0.0805. The molecule has 2 aromatic carbocycles. The first-order valence-electron chi connectivity index (χ1n) is 8.93. The van der Waals surface area contributed by atoms with Crippen molar-refractivity contribution in [2.24, 2.45) is 5.16 Å². The third-order valence-corrected chi connectivity index (χ3v) is 4.68. The van der Waals surface area contributed by atoms with Crippen LogP contribution >= 0.6 is 46.4 Å². The van der Waals surface area contributed by atoms with E-state index < -0.39 is 0 Å². The minimum Gasteiger partial charge on any atom is -0.489 e. The molecule has 1 atom stereocenters. The summed E-state index contributed by atoms with van der Waals surface area (Å²) in [5.41, 5.74) is 1.84. The molecule has 0 amide bonds. The van der Waals surface area contributed by atoms with Crippen LogP contribution in [-0.2, 0) is 11.4 Å². The first-order chi connectivity index (χ1) is 13.9. The van der Waals surface area contributed by atoms with Gasteiger partial charge in [-0.05, 0) is 36.6 Å². The van der Waals surface area contributed by atoms with Gasteiger partial charge < -0.3 is 14.3 Å². The van der Waals surface area contributed by atoms with Crippen LogP contribution in [-0.4, -0.2) is 18.9 Å². The Kier molecular flexibility index (Phi) is 9.95. The summed E-state index contributed by atoms with van der Waals surface area (Å²) in [6.07, 6.45) is 4.16. The van der Waals surface area contributed by atoms with Crippen molar-refractivity contribution in [1.82, 2.24) is 0 Å². The zero-order valence-corrected chi connectivity index (χ0v) is 19.0. The van der Waals surface area contributed by atoms with E-state index >= 15 is 0 Å². The number of nitrogens with zero attached hydrogens (tertiary/aromatic N) is 1. The molecule has 0 saturated carbocycles. The molecule has 0 aliphatic carbocycles. The lowest BCUT2D eigenvalue weighted by Crippen LogP contribution is -2.01. The number of benzene rings is 2. The Morgan fingerprint density at radius 3 is 2.48 bits per heavy atom. The summed E-state index contributed by atoms with van der Waals surface area (Å²) in [7, 11) is 0. The standard InChI is InChI=1S/C21H21Cl4NO3/c1-3-14(2)29-26-12-15-5-4-6-16(9-15)13-28-21-18(22)10-17(11-19(21)23)27-8-7-20(24)25/h4-7,9-12,14H,3,8,13H2,1-2H3. The molecule has 0 aliphatic rings. The lowest BCUT2D eigenvalue weighted by atomic mass is 10.1. The van der Waals surface area contributed by atoms with E-state index in [9.17, 15) is 0 Å². The van der Waals surface area contributed by atoms with Crippen LogP contribution in [0.3, 0.4) is 0 Å². The fourth-order valence-corrected chi connectivity index (χ4v) is 2.85. The van der Waals surface area contributed by atoms with Gasteiger partial charge in [0.1, 0.15) is 29.6 Å². The van der Waals surface area contributed by atoms with Gasteiger partial charge in [-0.2, -0.15) is 0 Å². The van der Waals surface area contributed by atoms with Gasteiger partial charge in [0.2, 0.25) is 0 Å². The smallest absolute Gasteiger partial charge is 0.157 e. The Labute approximate surface area is 190 Å². The molecule has 4 nitrogen and oxygen atoms in total. The van der Waals surface area contributed by atoms with E-state index in [1.165, 1.54) is 6.08 Å². The normalized spacial score (nSPS) is 11.9. The van der Waals surface area contributed by atoms with Crippen LogP contribution in [0.5, 0.6) is 11.5 Å². The topological polar surface area (TPSA) is 40.0 Å². The molecule has 0 N–H and O–H groups in total. The van der Waals surface area contributed by atoms with Gasteiger partial charge in [0.25, 0.3) is 0 Å². The Hall–Kier alpha value is -1.59. The second kappa shape index (κ2) is 12.2. The molecule has 0 bridgehead atoms. The summed E-state index contributed by atoms with van der Waals surface area (Å²) in [4.78, 5) is 5.32. The number of rotatable bonds is 10. The van der Waals surface area contributed by atoms with Gasteiger partial charge in [0.05, 0.1) is 16.3 Å². The average molecular weight is 477 g/mol. The summed E-state index contributed by atoms with van der Waals surface area (Å²) < 4.78 is 11.4. The molecule has 0 aromatic heterocycles. The SMILES string of the molecule is CCC(C)ON=Cc1cccc(COc2c(Cl)cc(OCC=C(Cl)Cl)cc2Cl)c1. The molecule has 0 fully saturated rings. The molecule has 8 heteroatoms. The van der Waals surface area contributed by atoms with Crippen LogP contribution in [0, 0.1) is 0 Å². The van der Waals surface area contributed by atoms with E-state index in [1.54, 1.807) is 18.3 Å². The molecule has 156 valence electrons. The molecular weight excluding hydrogens is 456 g/mol. The molecule has 2 rings (SSSR count). The lowest BCUT2D eigenvalue weighted by Gasteiger charge is -2.12. The second-order valence-electron chi connectivity index (χ2n) is 6.11. The second-order valence-corrected chi connectivity index (χ2v) is 7.94. The van der Waals surface area contributed by atoms with Crippen LogP contribution in [0.1, 0.15) is 31.4 Å².